The van der Waals surface area contributed by atoms with Gasteiger partial charge in [0.1, 0.15) is 11.9 Å². The van der Waals surface area contributed by atoms with Gasteiger partial charge in [0.25, 0.3) is 5.91 Å². The third kappa shape index (κ3) is 3.56. The number of hydrogen-bond donors (Lipinski definition) is 2. The van der Waals surface area contributed by atoms with E-state index < -0.39 is 6.10 Å². The zero-order valence-corrected chi connectivity index (χ0v) is 13.5. The topological polar surface area (TPSA) is 105 Å². The molecule has 1 aliphatic heterocycles. The van der Waals surface area contributed by atoms with Crippen LogP contribution in [0.2, 0.25) is 0 Å². The molecule has 1 saturated heterocycles. The number of aliphatic hydroxyl groups excluding tert-OH is 1. The van der Waals surface area contributed by atoms with E-state index >= 15 is 0 Å². The number of aromatic nitrogens is 2. The van der Waals surface area contributed by atoms with Crippen molar-refractivity contribution < 1.29 is 14.3 Å². The Morgan fingerprint density at radius 3 is 2.96 bits per heavy atom. The second kappa shape index (κ2) is 7.44. The van der Waals surface area contributed by atoms with E-state index in [1.165, 1.54) is 18.7 Å². The van der Waals surface area contributed by atoms with Crippen molar-refractivity contribution in [2.45, 2.75) is 44.2 Å². The fraction of sp³-hybridized carbons (Fsp3) is 0.471. The molecule has 3 heterocycles. The second-order valence-electron chi connectivity index (χ2n) is 6.06. The van der Waals surface area contributed by atoms with Crippen LogP contribution in [0.3, 0.4) is 0 Å². The van der Waals surface area contributed by atoms with Crippen molar-refractivity contribution >= 4 is 11.7 Å². The number of nitrogens with two attached hydrogens (primary N) is 1. The summed E-state index contributed by atoms with van der Waals surface area (Å²) < 4.78 is 5.27. The van der Waals surface area contributed by atoms with Crippen LogP contribution in [0.5, 0.6) is 0 Å². The Kier molecular flexibility index (Phi) is 5.10. The number of nitrogens with zero attached hydrogens (tertiary/aromatic N) is 3. The summed E-state index contributed by atoms with van der Waals surface area (Å²) in [6.45, 7) is 0.629. The molecule has 0 unspecified atom stereocenters. The molecule has 0 saturated carbocycles. The van der Waals surface area contributed by atoms with Crippen LogP contribution < -0.4 is 5.73 Å². The Bertz CT molecular complexity index is 674. The van der Waals surface area contributed by atoms with E-state index in [0.717, 1.165) is 25.7 Å². The van der Waals surface area contributed by atoms with Gasteiger partial charge in [-0.15, -0.1) is 0 Å². The number of carbonyl (C=O) groups is 1. The molecule has 2 atom stereocenters. The smallest absolute Gasteiger partial charge is 0.276 e. The van der Waals surface area contributed by atoms with Gasteiger partial charge in [0.2, 0.25) is 0 Å². The van der Waals surface area contributed by atoms with Gasteiger partial charge in [-0.05, 0) is 25.0 Å². The average molecular weight is 330 g/mol. The maximum Gasteiger partial charge on any atom is 0.276 e. The van der Waals surface area contributed by atoms with Gasteiger partial charge in [0, 0.05) is 31.4 Å². The first-order valence-corrected chi connectivity index (χ1v) is 8.25. The average Bonchev–Trinajstić information content (AvgIpc) is 3.03. The minimum absolute atomic E-state index is 0.0819. The van der Waals surface area contributed by atoms with Crippen molar-refractivity contribution in [3.8, 4) is 0 Å². The highest BCUT2D eigenvalue weighted by Gasteiger charge is 2.30. The minimum atomic E-state index is -0.738. The first kappa shape index (κ1) is 16.4. The number of hydrogen-bond acceptors (Lipinski definition) is 6. The van der Waals surface area contributed by atoms with Crippen LogP contribution in [0.25, 0.3) is 0 Å². The molecule has 2 aromatic rings. The molecule has 3 rings (SSSR count). The van der Waals surface area contributed by atoms with Crippen LogP contribution in [0, 0.1) is 0 Å². The van der Waals surface area contributed by atoms with Crippen molar-refractivity contribution in [1.29, 1.82) is 0 Å². The second-order valence-corrected chi connectivity index (χ2v) is 6.06. The van der Waals surface area contributed by atoms with E-state index in [1.807, 2.05) is 0 Å². The molecule has 0 aromatic carbocycles. The Morgan fingerprint density at radius 1 is 1.38 bits per heavy atom. The quantitative estimate of drug-likeness (QED) is 0.890. The highest BCUT2D eigenvalue weighted by atomic mass is 16.4. The highest BCUT2D eigenvalue weighted by molar-refractivity contribution is 5.96. The normalized spacial score (nSPS) is 19.7. The molecular formula is C17H22N4O3. The summed E-state index contributed by atoms with van der Waals surface area (Å²) >= 11 is 0. The summed E-state index contributed by atoms with van der Waals surface area (Å²) in [5.41, 5.74) is 5.98. The standard InChI is InChI=1S/C17H22N4O3/c18-16-15(19-7-8-20-16)17(23)21-9-3-1-2-5-12(21)11-13(22)14-6-4-10-24-14/h4,6-8,10,12-13,22H,1-3,5,9,11H2,(H2,18,20)/t12-,13+/m1/s1. The van der Waals surface area contributed by atoms with E-state index in [9.17, 15) is 9.90 Å². The van der Waals surface area contributed by atoms with Crippen LogP contribution in [0.4, 0.5) is 5.82 Å². The van der Waals surface area contributed by atoms with Crippen LogP contribution in [0.1, 0.15) is 54.5 Å². The molecule has 0 bridgehead atoms. The van der Waals surface area contributed by atoms with E-state index in [0.29, 0.717) is 18.7 Å². The minimum Gasteiger partial charge on any atom is -0.467 e. The predicted octanol–water partition coefficient (Wildman–Crippen LogP) is 2.16. The van der Waals surface area contributed by atoms with Crippen molar-refractivity contribution in [1.82, 2.24) is 14.9 Å². The number of aliphatic hydroxyl groups is 1. The molecule has 1 amide bonds. The lowest BCUT2D eigenvalue weighted by Gasteiger charge is -2.31. The summed E-state index contributed by atoms with van der Waals surface area (Å²) in [6.07, 6.45) is 8.01. The molecule has 24 heavy (non-hydrogen) atoms. The van der Waals surface area contributed by atoms with Crippen LogP contribution in [0.15, 0.2) is 35.2 Å². The number of anilines is 1. The molecular weight excluding hydrogens is 308 g/mol. The van der Waals surface area contributed by atoms with Crippen molar-refractivity contribution in [3.63, 3.8) is 0 Å². The van der Waals surface area contributed by atoms with E-state index in [1.54, 1.807) is 17.0 Å². The van der Waals surface area contributed by atoms with Crippen molar-refractivity contribution in [3.05, 3.63) is 42.2 Å². The molecule has 3 N–H and O–H groups in total. The lowest BCUT2D eigenvalue weighted by molar-refractivity contribution is 0.0553. The zero-order chi connectivity index (χ0) is 16.9. The van der Waals surface area contributed by atoms with Gasteiger partial charge in [0.15, 0.2) is 11.5 Å². The molecule has 0 aliphatic carbocycles. The monoisotopic (exact) mass is 330 g/mol. The molecule has 2 aromatic heterocycles. The van der Waals surface area contributed by atoms with Crippen LogP contribution in [-0.2, 0) is 0 Å². The number of amides is 1. The molecule has 128 valence electrons. The molecule has 7 nitrogen and oxygen atoms in total. The Balaban J connectivity index is 1.80. The first-order chi connectivity index (χ1) is 11.7. The lowest BCUT2D eigenvalue weighted by atomic mass is 10.0. The summed E-state index contributed by atoms with van der Waals surface area (Å²) in [5, 5.41) is 10.4. The third-order valence-electron chi connectivity index (χ3n) is 4.43. The molecule has 0 radical (unpaired) electrons. The number of rotatable bonds is 4. The highest BCUT2D eigenvalue weighted by Crippen LogP contribution is 2.28. The van der Waals surface area contributed by atoms with Gasteiger partial charge in [-0.3, -0.25) is 4.79 Å². The van der Waals surface area contributed by atoms with Crippen molar-refractivity contribution in [2.75, 3.05) is 12.3 Å². The number of likely N-dealkylation sites (tertiary alicyclic amines) is 1. The largest absolute Gasteiger partial charge is 0.467 e. The molecule has 1 aliphatic rings. The predicted molar refractivity (Wildman–Crippen MR) is 88.0 cm³/mol. The van der Waals surface area contributed by atoms with Gasteiger partial charge in [-0.1, -0.05) is 12.8 Å². The van der Waals surface area contributed by atoms with Gasteiger partial charge < -0.3 is 20.2 Å². The third-order valence-corrected chi connectivity index (χ3v) is 4.43. The van der Waals surface area contributed by atoms with Gasteiger partial charge in [-0.2, -0.15) is 0 Å². The van der Waals surface area contributed by atoms with E-state index in [2.05, 4.69) is 9.97 Å². The summed E-state index contributed by atoms with van der Waals surface area (Å²) in [4.78, 5) is 22.7. The Labute approximate surface area is 140 Å². The maximum atomic E-state index is 12.9. The summed E-state index contributed by atoms with van der Waals surface area (Å²) in [5.74, 6) is 0.432. The fourth-order valence-electron chi connectivity index (χ4n) is 3.19. The van der Waals surface area contributed by atoms with Gasteiger partial charge in [-0.25, -0.2) is 9.97 Å². The zero-order valence-electron chi connectivity index (χ0n) is 13.5. The lowest BCUT2D eigenvalue weighted by Crippen LogP contribution is -2.41. The summed E-state index contributed by atoms with van der Waals surface area (Å²) in [6, 6.07) is 3.41. The molecule has 7 heteroatoms. The number of nitrogen functional groups attached to an aromatic ring is 1. The fourth-order valence-corrected chi connectivity index (χ4v) is 3.19. The molecule has 0 spiro atoms. The SMILES string of the molecule is Nc1nccnc1C(=O)N1CCCCC[C@@H]1C[C@H](O)c1ccco1. The Morgan fingerprint density at radius 2 is 2.21 bits per heavy atom. The number of carbonyl (C=O) groups excluding carboxylic acids is 1. The molecule has 1 fully saturated rings. The number of furan rings is 1. The first-order valence-electron chi connectivity index (χ1n) is 8.25. The maximum absolute atomic E-state index is 12.9. The summed E-state index contributed by atoms with van der Waals surface area (Å²) in [7, 11) is 0. The van der Waals surface area contributed by atoms with E-state index in [4.69, 9.17) is 10.2 Å². The van der Waals surface area contributed by atoms with Gasteiger partial charge >= 0.3 is 0 Å². The van der Waals surface area contributed by atoms with Crippen LogP contribution >= 0.6 is 0 Å². The van der Waals surface area contributed by atoms with Crippen molar-refractivity contribution in [2.24, 2.45) is 0 Å². The van der Waals surface area contributed by atoms with Crippen LogP contribution in [-0.4, -0.2) is 38.5 Å². The van der Waals surface area contributed by atoms with E-state index in [-0.39, 0.29) is 23.5 Å². The Hall–Kier alpha value is -2.41. The van der Waals surface area contributed by atoms with Gasteiger partial charge in [0.05, 0.1) is 6.26 Å².